The minimum atomic E-state index is -0.170. The van der Waals surface area contributed by atoms with Crippen molar-refractivity contribution >= 4 is 5.97 Å². The molecule has 0 aliphatic rings. The standard InChI is InChI=1S/C9H18O2/c1-4-9(5-2)6-7-11-8(3)10/h9H,4-7H2,1-3H3. The van der Waals surface area contributed by atoms with E-state index in [4.69, 9.17) is 4.74 Å². The van der Waals surface area contributed by atoms with E-state index in [0.29, 0.717) is 12.5 Å². The van der Waals surface area contributed by atoms with Crippen molar-refractivity contribution in [1.82, 2.24) is 0 Å². The molecule has 0 amide bonds. The molecule has 0 fully saturated rings. The van der Waals surface area contributed by atoms with Crippen LogP contribution in [0.15, 0.2) is 0 Å². The van der Waals surface area contributed by atoms with E-state index in [1.165, 1.54) is 19.8 Å². The Morgan fingerprint density at radius 2 is 1.91 bits per heavy atom. The summed E-state index contributed by atoms with van der Waals surface area (Å²) in [6, 6.07) is 0. The summed E-state index contributed by atoms with van der Waals surface area (Å²) in [5.41, 5.74) is 0. The van der Waals surface area contributed by atoms with Crippen LogP contribution in [0.4, 0.5) is 0 Å². The summed E-state index contributed by atoms with van der Waals surface area (Å²) < 4.78 is 4.84. The van der Waals surface area contributed by atoms with Crippen LogP contribution in [0.1, 0.15) is 40.0 Å². The van der Waals surface area contributed by atoms with Crippen molar-refractivity contribution in [3.8, 4) is 0 Å². The summed E-state index contributed by atoms with van der Waals surface area (Å²) in [6.45, 7) is 6.37. The summed E-state index contributed by atoms with van der Waals surface area (Å²) in [4.78, 5) is 10.4. The van der Waals surface area contributed by atoms with E-state index in [2.05, 4.69) is 13.8 Å². The monoisotopic (exact) mass is 158 g/mol. The molecule has 0 bridgehead atoms. The van der Waals surface area contributed by atoms with Crippen LogP contribution in [0.2, 0.25) is 0 Å². The van der Waals surface area contributed by atoms with Gasteiger partial charge in [0.15, 0.2) is 0 Å². The van der Waals surface area contributed by atoms with E-state index in [9.17, 15) is 4.79 Å². The first-order chi connectivity index (χ1) is 5.20. The van der Waals surface area contributed by atoms with Gasteiger partial charge in [-0.3, -0.25) is 4.79 Å². The van der Waals surface area contributed by atoms with E-state index in [1.54, 1.807) is 0 Å². The number of carbonyl (C=O) groups excluding carboxylic acids is 1. The zero-order valence-electron chi connectivity index (χ0n) is 7.72. The fraction of sp³-hybridized carbons (Fsp3) is 0.889. The third kappa shape index (κ3) is 5.89. The summed E-state index contributed by atoms with van der Waals surface area (Å²) in [5.74, 6) is 0.547. The molecule has 0 atom stereocenters. The first kappa shape index (κ1) is 10.5. The van der Waals surface area contributed by atoms with Gasteiger partial charge in [0.1, 0.15) is 0 Å². The average Bonchev–Trinajstić information content (AvgIpc) is 1.98. The highest BCUT2D eigenvalue weighted by Crippen LogP contribution is 2.11. The lowest BCUT2D eigenvalue weighted by Crippen LogP contribution is -2.06. The maximum Gasteiger partial charge on any atom is 0.302 e. The predicted molar refractivity (Wildman–Crippen MR) is 45.3 cm³/mol. The third-order valence-corrected chi connectivity index (χ3v) is 1.99. The molecule has 11 heavy (non-hydrogen) atoms. The zero-order chi connectivity index (χ0) is 8.69. The maximum atomic E-state index is 10.4. The second-order valence-corrected chi connectivity index (χ2v) is 2.81. The molecule has 2 nitrogen and oxygen atoms in total. The van der Waals surface area contributed by atoms with Gasteiger partial charge in [0.25, 0.3) is 0 Å². The average molecular weight is 158 g/mol. The van der Waals surface area contributed by atoms with Crippen LogP contribution in [0.3, 0.4) is 0 Å². The Labute approximate surface area is 68.9 Å². The highest BCUT2D eigenvalue weighted by atomic mass is 16.5. The van der Waals surface area contributed by atoms with E-state index in [1.807, 2.05) is 0 Å². The third-order valence-electron chi connectivity index (χ3n) is 1.99. The fourth-order valence-corrected chi connectivity index (χ4v) is 1.07. The van der Waals surface area contributed by atoms with Crippen molar-refractivity contribution in [3.05, 3.63) is 0 Å². The van der Waals surface area contributed by atoms with E-state index in [-0.39, 0.29) is 5.97 Å². The molecule has 2 heteroatoms. The highest BCUT2D eigenvalue weighted by molar-refractivity contribution is 5.65. The number of carbonyl (C=O) groups is 1. The smallest absolute Gasteiger partial charge is 0.302 e. The van der Waals surface area contributed by atoms with Crippen LogP contribution >= 0.6 is 0 Å². The van der Waals surface area contributed by atoms with Gasteiger partial charge in [0, 0.05) is 6.92 Å². The highest BCUT2D eigenvalue weighted by Gasteiger charge is 2.03. The van der Waals surface area contributed by atoms with Crippen molar-refractivity contribution in [2.24, 2.45) is 5.92 Å². The first-order valence-corrected chi connectivity index (χ1v) is 4.34. The van der Waals surface area contributed by atoms with Gasteiger partial charge in [-0.2, -0.15) is 0 Å². The number of esters is 1. The minimum absolute atomic E-state index is 0.170. The van der Waals surface area contributed by atoms with Crippen molar-refractivity contribution in [2.45, 2.75) is 40.0 Å². The summed E-state index contributed by atoms with van der Waals surface area (Å²) in [7, 11) is 0. The fourth-order valence-electron chi connectivity index (χ4n) is 1.07. The van der Waals surface area contributed by atoms with Gasteiger partial charge in [-0.1, -0.05) is 26.7 Å². The van der Waals surface area contributed by atoms with Gasteiger partial charge in [-0.25, -0.2) is 0 Å². The lowest BCUT2D eigenvalue weighted by atomic mass is 10.0. The molecule has 0 saturated heterocycles. The van der Waals surface area contributed by atoms with Crippen molar-refractivity contribution in [2.75, 3.05) is 6.61 Å². The van der Waals surface area contributed by atoms with Gasteiger partial charge >= 0.3 is 5.97 Å². The van der Waals surface area contributed by atoms with E-state index >= 15 is 0 Å². The largest absolute Gasteiger partial charge is 0.466 e. The van der Waals surface area contributed by atoms with Crippen LogP contribution in [0.25, 0.3) is 0 Å². The Kier molecular flexibility index (Phi) is 5.90. The molecule has 0 N–H and O–H groups in total. The van der Waals surface area contributed by atoms with Gasteiger partial charge in [0.05, 0.1) is 6.61 Å². The van der Waals surface area contributed by atoms with Crippen molar-refractivity contribution in [3.63, 3.8) is 0 Å². The van der Waals surface area contributed by atoms with Crippen molar-refractivity contribution < 1.29 is 9.53 Å². The Balaban J connectivity index is 3.28. The Morgan fingerprint density at radius 1 is 1.36 bits per heavy atom. The molecule has 0 rings (SSSR count). The Bertz CT molecular complexity index is 106. The summed E-state index contributed by atoms with van der Waals surface area (Å²) >= 11 is 0. The van der Waals surface area contributed by atoms with Crippen LogP contribution in [-0.2, 0) is 9.53 Å². The maximum absolute atomic E-state index is 10.4. The van der Waals surface area contributed by atoms with Crippen molar-refractivity contribution in [1.29, 1.82) is 0 Å². The molecular formula is C9H18O2. The van der Waals surface area contributed by atoms with Crippen LogP contribution < -0.4 is 0 Å². The second-order valence-electron chi connectivity index (χ2n) is 2.81. The molecule has 0 spiro atoms. The van der Waals surface area contributed by atoms with Crippen LogP contribution in [-0.4, -0.2) is 12.6 Å². The molecule has 0 aromatic heterocycles. The molecule has 0 aromatic carbocycles. The number of rotatable bonds is 5. The summed E-state index contributed by atoms with van der Waals surface area (Å²) in [6.07, 6.45) is 3.36. The lowest BCUT2D eigenvalue weighted by Gasteiger charge is -2.10. The molecule has 66 valence electrons. The van der Waals surface area contributed by atoms with E-state index < -0.39 is 0 Å². The van der Waals surface area contributed by atoms with Crippen LogP contribution in [0, 0.1) is 5.92 Å². The van der Waals surface area contributed by atoms with Gasteiger partial charge in [-0.15, -0.1) is 0 Å². The number of hydrogen-bond acceptors (Lipinski definition) is 2. The number of ether oxygens (including phenoxy) is 1. The normalized spacial score (nSPS) is 10.2. The molecule has 0 aliphatic carbocycles. The summed E-state index contributed by atoms with van der Waals surface area (Å²) in [5, 5.41) is 0. The minimum Gasteiger partial charge on any atom is -0.466 e. The zero-order valence-corrected chi connectivity index (χ0v) is 7.72. The topological polar surface area (TPSA) is 26.3 Å². The molecule has 0 aromatic rings. The van der Waals surface area contributed by atoms with Gasteiger partial charge < -0.3 is 4.74 Å². The molecule has 0 unspecified atom stereocenters. The first-order valence-electron chi connectivity index (χ1n) is 4.34. The lowest BCUT2D eigenvalue weighted by molar-refractivity contribution is -0.141. The molecule has 0 aliphatic heterocycles. The second kappa shape index (κ2) is 6.20. The van der Waals surface area contributed by atoms with Gasteiger partial charge in [-0.05, 0) is 12.3 Å². The Morgan fingerprint density at radius 3 is 2.27 bits per heavy atom. The van der Waals surface area contributed by atoms with Crippen LogP contribution in [0.5, 0.6) is 0 Å². The van der Waals surface area contributed by atoms with Gasteiger partial charge in [0.2, 0.25) is 0 Å². The molecule has 0 radical (unpaired) electrons. The number of hydrogen-bond donors (Lipinski definition) is 0. The quantitative estimate of drug-likeness (QED) is 0.574. The van der Waals surface area contributed by atoms with E-state index in [0.717, 1.165) is 6.42 Å². The molecule has 0 saturated carbocycles. The SMILES string of the molecule is CCC(CC)CCOC(C)=O. The predicted octanol–water partition coefficient (Wildman–Crippen LogP) is 2.38. The molecular weight excluding hydrogens is 140 g/mol. The Hall–Kier alpha value is -0.530. The molecule has 0 heterocycles.